The summed E-state index contributed by atoms with van der Waals surface area (Å²) in [6.07, 6.45) is 12.9. The predicted molar refractivity (Wildman–Crippen MR) is 117 cm³/mol. The number of likely N-dealkylation sites (tertiary alicyclic amines) is 1. The number of nitrogens with zero attached hydrogens (tertiary/aromatic N) is 1. The first-order chi connectivity index (χ1) is 14.5. The first-order valence-corrected chi connectivity index (χ1v) is 12.5. The van der Waals surface area contributed by atoms with E-state index in [9.17, 15) is 13.2 Å². The number of allylic oxidation sites excluding steroid dienone is 3. The van der Waals surface area contributed by atoms with Crippen molar-refractivity contribution in [2.75, 3.05) is 19.6 Å². The van der Waals surface area contributed by atoms with Gasteiger partial charge in [0, 0.05) is 31.0 Å². The summed E-state index contributed by atoms with van der Waals surface area (Å²) in [6, 6.07) is 9.15. The molecular formula is C23H31N3O3S. The van der Waals surface area contributed by atoms with E-state index in [0.717, 1.165) is 25.9 Å². The molecule has 0 aromatic heterocycles. The van der Waals surface area contributed by atoms with E-state index in [1.54, 1.807) is 18.2 Å². The van der Waals surface area contributed by atoms with Crippen LogP contribution in [0.2, 0.25) is 0 Å². The Morgan fingerprint density at radius 2 is 1.87 bits per heavy atom. The number of carbonyl (C=O) groups excluding carboxylic acids is 1. The van der Waals surface area contributed by atoms with Gasteiger partial charge in [-0.15, -0.1) is 0 Å². The maximum atomic E-state index is 12.2. The van der Waals surface area contributed by atoms with Crippen LogP contribution >= 0.6 is 0 Å². The zero-order valence-electron chi connectivity index (χ0n) is 17.3. The number of piperidine rings is 1. The van der Waals surface area contributed by atoms with Gasteiger partial charge in [-0.3, -0.25) is 4.79 Å². The van der Waals surface area contributed by atoms with Gasteiger partial charge in [-0.1, -0.05) is 36.4 Å². The van der Waals surface area contributed by atoms with Crippen molar-refractivity contribution in [2.24, 2.45) is 5.92 Å². The van der Waals surface area contributed by atoms with Gasteiger partial charge in [-0.2, -0.15) is 0 Å². The topological polar surface area (TPSA) is 78.5 Å². The van der Waals surface area contributed by atoms with Crippen LogP contribution in [0.5, 0.6) is 0 Å². The number of nitrogens with one attached hydrogen (secondary N) is 2. The van der Waals surface area contributed by atoms with E-state index in [2.05, 4.69) is 33.2 Å². The number of benzene rings is 1. The Morgan fingerprint density at radius 3 is 2.57 bits per heavy atom. The molecule has 1 amide bonds. The minimum atomic E-state index is -3.78. The number of sulfonamides is 1. The van der Waals surface area contributed by atoms with Crippen molar-refractivity contribution in [3.8, 4) is 0 Å². The van der Waals surface area contributed by atoms with Crippen molar-refractivity contribution >= 4 is 15.9 Å². The second kappa shape index (κ2) is 9.45. The summed E-state index contributed by atoms with van der Waals surface area (Å²) in [5.74, 6) is 0.239. The van der Waals surface area contributed by atoms with Crippen LogP contribution in [0.1, 0.15) is 38.5 Å². The third-order valence-corrected chi connectivity index (χ3v) is 7.63. The summed E-state index contributed by atoms with van der Waals surface area (Å²) < 4.78 is 26.6. The van der Waals surface area contributed by atoms with E-state index in [1.807, 2.05) is 0 Å². The summed E-state index contributed by atoms with van der Waals surface area (Å²) in [6.45, 7) is 2.47. The van der Waals surface area contributed by atoms with Gasteiger partial charge in [-0.25, -0.2) is 13.1 Å². The maximum Gasteiger partial charge on any atom is 0.264 e. The molecule has 0 spiro atoms. The van der Waals surface area contributed by atoms with Crippen LogP contribution in [0.25, 0.3) is 0 Å². The highest BCUT2D eigenvalue weighted by atomic mass is 32.2. The minimum Gasteiger partial charge on any atom is -0.311 e. The number of hydrogen-bond donors (Lipinski definition) is 2. The zero-order chi connectivity index (χ0) is 21.0. The Hall–Kier alpha value is -1.96. The third-order valence-electron chi connectivity index (χ3n) is 6.24. The molecule has 1 aliphatic heterocycles. The molecule has 6 nitrogen and oxygen atoms in total. The van der Waals surface area contributed by atoms with E-state index in [1.165, 1.54) is 37.0 Å². The fraction of sp³-hybridized carbons (Fsp3) is 0.522. The van der Waals surface area contributed by atoms with Crippen LogP contribution in [-0.4, -0.2) is 50.9 Å². The zero-order valence-corrected chi connectivity index (χ0v) is 18.1. The molecule has 1 aromatic carbocycles. The average molecular weight is 430 g/mol. The van der Waals surface area contributed by atoms with Crippen LogP contribution in [0, 0.1) is 5.92 Å². The van der Waals surface area contributed by atoms with Crippen LogP contribution < -0.4 is 10.0 Å². The van der Waals surface area contributed by atoms with Crippen LogP contribution in [-0.2, 0) is 14.8 Å². The predicted octanol–water partition coefficient (Wildman–Crippen LogP) is 2.60. The highest BCUT2D eigenvalue weighted by Crippen LogP contribution is 2.40. The van der Waals surface area contributed by atoms with Crippen molar-refractivity contribution in [1.29, 1.82) is 0 Å². The van der Waals surface area contributed by atoms with E-state index in [0.29, 0.717) is 24.5 Å². The molecule has 0 bridgehead atoms. The van der Waals surface area contributed by atoms with Crippen molar-refractivity contribution in [2.45, 2.75) is 55.5 Å². The van der Waals surface area contributed by atoms with E-state index < -0.39 is 15.9 Å². The fourth-order valence-electron chi connectivity index (χ4n) is 4.40. The molecule has 30 heavy (non-hydrogen) atoms. The Labute approximate surface area is 179 Å². The van der Waals surface area contributed by atoms with Gasteiger partial charge < -0.3 is 10.2 Å². The highest BCUT2D eigenvalue weighted by molar-refractivity contribution is 7.90. The van der Waals surface area contributed by atoms with Gasteiger partial charge in [-0.05, 0) is 62.9 Å². The summed E-state index contributed by atoms with van der Waals surface area (Å²) in [5, 5.41) is 3.81. The molecule has 2 atom stereocenters. The van der Waals surface area contributed by atoms with Crippen LogP contribution in [0.4, 0.5) is 0 Å². The molecule has 3 aliphatic rings. The number of rotatable bonds is 8. The monoisotopic (exact) mass is 429 g/mol. The number of amides is 1. The molecule has 4 rings (SSSR count). The molecule has 7 heteroatoms. The molecular weight excluding hydrogens is 398 g/mol. The Balaban J connectivity index is 1.15. The molecule has 0 radical (unpaired) electrons. The lowest BCUT2D eigenvalue weighted by molar-refractivity contribution is -0.119. The van der Waals surface area contributed by atoms with Gasteiger partial charge in [0.2, 0.25) is 5.91 Å². The molecule has 1 aromatic rings. The van der Waals surface area contributed by atoms with Gasteiger partial charge in [0.15, 0.2) is 0 Å². The van der Waals surface area contributed by atoms with E-state index >= 15 is 0 Å². The second-order valence-electron chi connectivity index (χ2n) is 8.51. The van der Waals surface area contributed by atoms with Crippen molar-refractivity contribution in [3.05, 3.63) is 54.1 Å². The number of carbonyl (C=O) groups is 1. The first kappa shape index (κ1) is 21.3. The largest absolute Gasteiger partial charge is 0.311 e. The molecule has 1 saturated heterocycles. The summed E-state index contributed by atoms with van der Waals surface area (Å²) >= 11 is 0. The van der Waals surface area contributed by atoms with Gasteiger partial charge >= 0.3 is 0 Å². The SMILES string of the molecule is O=C(CCN1CCC(N[C@@H]2C[C@H]2C2=CCCC=C2)CC1)NS(=O)(=O)c1ccccc1. The molecule has 162 valence electrons. The first-order valence-electron chi connectivity index (χ1n) is 11.0. The van der Waals surface area contributed by atoms with Crippen LogP contribution in [0.3, 0.4) is 0 Å². The van der Waals surface area contributed by atoms with E-state index in [-0.39, 0.29) is 11.3 Å². The highest BCUT2D eigenvalue weighted by Gasteiger charge is 2.40. The molecule has 2 aliphatic carbocycles. The molecule has 1 saturated carbocycles. The molecule has 1 heterocycles. The lowest BCUT2D eigenvalue weighted by atomic mass is 10.0. The summed E-state index contributed by atoms with van der Waals surface area (Å²) in [4.78, 5) is 14.5. The average Bonchev–Trinajstić information content (AvgIpc) is 3.53. The summed E-state index contributed by atoms with van der Waals surface area (Å²) in [7, 11) is -3.78. The Bertz CT molecular complexity index is 903. The van der Waals surface area contributed by atoms with Gasteiger partial charge in [0.05, 0.1) is 4.90 Å². The van der Waals surface area contributed by atoms with Crippen molar-refractivity contribution in [3.63, 3.8) is 0 Å². The van der Waals surface area contributed by atoms with Crippen LogP contribution in [0.15, 0.2) is 59.0 Å². The Kier molecular flexibility index (Phi) is 6.71. The summed E-state index contributed by atoms with van der Waals surface area (Å²) in [5.41, 5.74) is 1.51. The standard InChI is InChI=1S/C23H31N3O3S/c27-23(25-30(28,29)20-9-5-2-6-10-20)13-16-26-14-11-19(12-15-26)24-22-17-21(22)18-7-3-1-4-8-18/h2-3,5-10,19,21-22,24H,1,4,11-17H2,(H,25,27)/t21-,22+/m0/s1. The normalized spacial score (nSPS) is 25.0. The fourth-order valence-corrected chi connectivity index (χ4v) is 5.44. The molecule has 0 unspecified atom stereocenters. The van der Waals surface area contributed by atoms with Crippen molar-refractivity contribution in [1.82, 2.24) is 14.9 Å². The van der Waals surface area contributed by atoms with Crippen molar-refractivity contribution < 1.29 is 13.2 Å². The second-order valence-corrected chi connectivity index (χ2v) is 10.2. The quantitative estimate of drug-likeness (QED) is 0.664. The van der Waals surface area contributed by atoms with Gasteiger partial charge in [0.1, 0.15) is 0 Å². The third kappa shape index (κ3) is 5.59. The van der Waals surface area contributed by atoms with Gasteiger partial charge in [0.25, 0.3) is 10.0 Å². The smallest absolute Gasteiger partial charge is 0.264 e. The molecule has 2 N–H and O–H groups in total. The van der Waals surface area contributed by atoms with E-state index in [4.69, 9.17) is 0 Å². The molecule has 2 fully saturated rings. The maximum absolute atomic E-state index is 12.2. The Morgan fingerprint density at radius 1 is 1.10 bits per heavy atom. The minimum absolute atomic E-state index is 0.114. The number of hydrogen-bond acceptors (Lipinski definition) is 5. The lowest BCUT2D eigenvalue weighted by Crippen LogP contribution is -2.44. The lowest BCUT2D eigenvalue weighted by Gasteiger charge is -2.32.